The van der Waals surface area contributed by atoms with Gasteiger partial charge in [0.25, 0.3) is 0 Å². The summed E-state index contributed by atoms with van der Waals surface area (Å²) in [6, 6.07) is 12.0. The van der Waals surface area contributed by atoms with E-state index in [2.05, 4.69) is 47.3 Å². The first-order valence-electron chi connectivity index (χ1n) is 26.7. The van der Waals surface area contributed by atoms with Crippen LogP contribution in [-0.2, 0) is 9.59 Å². The molecule has 76 heavy (non-hydrogen) atoms. The third-order valence-electron chi connectivity index (χ3n) is 16.6. The molecule has 4 aliphatic heterocycles. The maximum atomic E-state index is 11.3. The molecule has 4 fully saturated rings. The Kier molecular flexibility index (Phi) is 17.4. The lowest BCUT2D eigenvalue weighted by Crippen LogP contribution is -2.53. The summed E-state index contributed by atoms with van der Waals surface area (Å²) in [6.07, 6.45) is 9.05. The Morgan fingerprint density at radius 3 is 1.61 bits per heavy atom. The molecule has 4 saturated heterocycles. The minimum atomic E-state index is -1.31. The fraction of sp³-hybridized carbons (Fsp3) is 0.564. The zero-order valence-electron chi connectivity index (χ0n) is 44.3. The van der Waals surface area contributed by atoms with Crippen molar-refractivity contribution in [1.29, 1.82) is 0 Å². The number of carboxylic acids is 2. The summed E-state index contributed by atoms with van der Waals surface area (Å²) in [7, 11) is 0. The van der Waals surface area contributed by atoms with Crippen LogP contribution in [0.2, 0.25) is 20.1 Å². The number of halogens is 4. The SMILES string of the molecule is Cc1nn(C(C)c2ccc(Cl)cc2Cl)c2nc(N3CCC(N4CCCC4C(C)CC(=O)O)C(C)C3)cnc12.Cc1nn(C(C)c2ccc(Cl)cc2Cl)c2nc(N3CCC(N4CCCC4CC(O)C(=O)O)C(C)C3)cnc12. The van der Waals surface area contributed by atoms with E-state index in [9.17, 15) is 19.8 Å². The molecular formula is C55H70Cl4N12O5. The van der Waals surface area contributed by atoms with Gasteiger partial charge in [-0.15, -0.1) is 0 Å². The number of hydrogen-bond donors (Lipinski definition) is 3. The summed E-state index contributed by atoms with van der Waals surface area (Å²) in [4.78, 5) is 51.7. The standard InChI is InChI=1S/C28H36Cl2N6O2.C27H34Cl2N6O3/c1-16(12-26(37)38)23-6-5-10-35(23)24-9-11-34(15-17(24)2)25-14-31-27-18(3)33-36(28(27)32-25)19(4)21-8-7-20(29)13-22(21)30;1-15-14-33(10-8-22(15)34-9-4-5-19(34)12-23(36)27(37)38)24-13-30-25-16(2)32-35(26(25)31-24)17(3)20-7-6-18(28)11-21(20)29/h7-8,13-14,16-17,19,23-24H,5-6,9-12,15H2,1-4H3,(H,37,38);6-7,11,13,15,17,19,22-23,36H,4-5,8-10,12,14H2,1-3H3,(H,37,38). The summed E-state index contributed by atoms with van der Waals surface area (Å²) in [6.45, 7) is 20.0. The summed E-state index contributed by atoms with van der Waals surface area (Å²) < 4.78 is 3.79. The Bertz CT molecular complexity index is 3070. The number of piperidine rings is 2. The molecule has 10 unspecified atom stereocenters. The van der Waals surface area contributed by atoms with E-state index in [0.29, 0.717) is 50.1 Å². The van der Waals surface area contributed by atoms with Crippen molar-refractivity contribution < 1.29 is 24.9 Å². The molecule has 0 amide bonds. The molecule has 4 aromatic heterocycles. The molecule has 6 aromatic rings. The van der Waals surface area contributed by atoms with Crippen molar-refractivity contribution in [2.45, 2.75) is 142 Å². The van der Waals surface area contributed by atoms with Crippen molar-refractivity contribution in [3.63, 3.8) is 0 Å². The first-order valence-corrected chi connectivity index (χ1v) is 28.3. The van der Waals surface area contributed by atoms with Crippen LogP contribution < -0.4 is 9.80 Å². The average Bonchev–Trinajstić information content (AvgIpc) is 4.23. The summed E-state index contributed by atoms with van der Waals surface area (Å²) in [5, 5.41) is 40.3. The predicted molar refractivity (Wildman–Crippen MR) is 299 cm³/mol. The first-order chi connectivity index (χ1) is 36.3. The number of fused-ring (bicyclic) bond motifs is 2. The minimum absolute atomic E-state index is 0.106. The van der Waals surface area contributed by atoms with Gasteiger partial charge in [0.05, 0.1) is 35.9 Å². The Morgan fingerprint density at radius 2 is 1.14 bits per heavy atom. The van der Waals surface area contributed by atoms with Crippen LogP contribution in [0.3, 0.4) is 0 Å². The van der Waals surface area contributed by atoms with E-state index < -0.39 is 18.0 Å². The third kappa shape index (κ3) is 11.8. The van der Waals surface area contributed by atoms with E-state index in [0.717, 1.165) is 134 Å². The molecular weight excluding hydrogens is 1050 g/mol. The van der Waals surface area contributed by atoms with Gasteiger partial charge >= 0.3 is 11.9 Å². The highest BCUT2D eigenvalue weighted by atomic mass is 35.5. The number of carbonyl (C=O) groups is 2. The molecule has 4 aliphatic rings. The van der Waals surface area contributed by atoms with Crippen molar-refractivity contribution in [3.8, 4) is 0 Å². The molecule has 3 N–H and O–H groups in total. The Balaban J connectivity index is 0.000000186. The van der Waals surface area contributed by atoms with Gasteiger partial charge in [-0.1, -0.05) is 79.3 Å². The van der Waals surface area contributed by atoms with Crippen molar-refractivity contribution in [2.24, 2.45) is 17.8 Å². The van der Waals surface area contributed by atoms with Crippen molar-refractivity contribution in [1.82, 2.24) is 49.3 Å². The molecule has 8 heterocycles. The van der Waals surface area contributed by atoms with Crippen LogP contribution in [0.4, 0.5) is 11.6 Å². The highest BCUT2D eigenvalue weighted by molar-refractivity contribution is 6.35. The van der Waals surface area contributed by atoms with Crippen LogP contribution in [0.25, 0.3) is 22.3 Å². The fourth-order valence-corrected chi connectivity index (χ4v) is 13.8. The molecule has 408 valence electrons. The van der Waals surface area contributed by atoms with E-state index in [4.69, 9.17) is 81.6 Å². The summed E-state index contributed by atoms with van der Waals surface area (Å²) >= 11 is 25.3. The lowest BCUT2D eigenvalue weighted by Gasteiger charge is -2.44. The summed E-state index contributed by atoms with van der Waals surface area (Å²) in [5.41, 5.74) is 6.51. The number of hydrogen-bond acceptors (Lipinski definition) is 13. The molecule has 10 rings (SSSR count). The van der Waals surface area contributed by atoms with E-state index in [1.165, 1.54) is 0 Å². The maximum Gasteiger partial charge on any atom is 0.332 e. The number of aryl methyl sites for hydroxylation is 2. The first kappa shape index (κ1) is 55.9. The van der Waals surface area contributed by atoms with Gasteiger partial charge in [0.2, 0.25) is 0 Å². The minimum Gasteiger partial charge on any atom is -0.481 e. The maximum absolute atomic E-state index is 11.3. The second kappa shape index (κ2) is 23.6. The molecule has 10 atom stereocenters. The molecule has 0 bridgehead atoms. The number of benzene rings is 2. The van der Waals surface area contributed by atoms with Gasteiger partial charge in [-0.05, 0) is 139 Å². The number of rotatable bonds is 14. The molecule has 0 aliphatic carbocycles. The second-order valence-corrected chi connectivity index (χ2v) is 23.4. The van der Waals surface area contributed by atoms with E-state index in [-0.39, 0.29) is 36.9 Å². The van der Waals surface area contributed by atoms with Crippen LogP contribution >= 0.6 is 46.4 Å². The normalized spacial score (nSPS) is 24.2. The predicted octanol–water partition coefficient (Wildman–Crippen LogP) is 10.4. The van der Waals surface area contributed by atoms with Gasteiger partial charge < -0.3 is 25.1 Å². The highest BCUT2D eigenvalue weighted by Crippen LogP contribution is 2.38. The van der Waals surface area contributed by atoms with Gasteiger partial charge in [-0.2, -0.15) is 10.2 Å². The number of nitrogens with zero attached hydrogens (tertiary/aromatic N) is 12. The number of carboxylic acid groups (broad SMARTS) is 2. The van der Waals surface area contributed by atoms with E-state index >= 15 is 0 Å². The van der Waals surface area contributed by atoms with Crippen molar-refractivity contribution >= 4 is 92.3 Å². The monoisotopic (exact) mass is 1120 g/mol. The Hall–Kier alpha value is -4.88. The molecule has 2 aromatic carbocycles. The quantitative estimate of drug-likeness (QED) is 0.0931. The molecule has 21 heteroatoms. The lowest BCUT2D eigenvalue weighted by molar-refractivity contribution is -0.147. The number of aromatic nitrogens is 8. The Labute approximate surface area is 464 Å². The second-order valence-electron chi connectivity index (χ2n) is 21.7. The van der Waals surface area contributed by atoms with Gasteiger partial charge in [0.1, 0.15) is 22.7 Å². The number of anilines is 2. The number of aliphatic carboxylic acids is 2. The fourth-order valence-electron chi connectivity index (χ4n) is 12.7. The van der Waals surface area contributed by atoms with Gasteiger partial charge in [0, 0.05) is 76.9 Å². The number of aliphatic hydroxyl groups is 1. The highest BCUT2D eigenvalue weighted by Gasteiger charge is 2.41. The molecule has 0 saturated carbocycles. The molecule has 0 radical (unpaired) electrons. The van der Waals surface area contributed by atoms with Gasteiger partial charge in [-0.25, -0.2) is 34.1 Å². The van der Waals surface area contributed by atoms with E-state index in [1.807, 2.05) is 66.8 Å². The number of aliphatic hydroxyl groups excluding tert-OH is 1. The van der Waals surface area contributed by atoms with Gasteiger partial charge in [0.15, 0.2) is 17.4 Å². The number of likely N-dealkylation sites (tertiary alicyclic amines) is 2. The van der Waals surface area contributed by atoms with Crippen molar-refractivity contribution in [3.05, 3.63) is 91.4 Å². The largest absolute Gasteiger partial charge is 0.481 e. The van der Waals surface area contributed by atoms with Crippen molar-refractivity contribution in [2.75, 3.05) is 49.1 Å². The van der Waals surface area contributed by atoms with E-state index in [1.54, 1.807) is 12.1 Å². The Morgan fingerprint density at radius 1 is 0.671 bits per heavy atom. The smallest absolute Gasteiger partial charge is 0.332 e. The van der Waals surface area contributed by atoms with Crippen LogP contribution in [-0.4, -0.2) is 146 Å². The van der Waals surface area contributed by atoms with Crippen LogP contribution in [0.5, 0.6) is 0 Å². The van der Waals surface area contributed by atoms with Gasteiger partial charge in [-0.3, -0.25) is 14.6 Å². The molecule has 0 spiro atoms. The topological polar surface area (TPSA) is 195 Å². The third-order valence-corrected chi connectivity index (χ3v) is 17.7. The van der Waals surface area contributed by atoms with Crippen LogP contribution in [0.15, 0.2) is 48.8 Å². The lowest BCUT2D eigenvalue weighted by atomic mass is 9.89. The van der Waals surface area contributed by atoms with Crippen LogP contribution in [0, 0.1) is 31.6 Å². The zero-order chi connectivity index (χ0) is 54.3. The molecule has 17 nitrogen and oxygen atoms in total. The zero-order valence-corrected chi connectivity index (χ0v) is 47.4. The summed E-state index contributed by atoms with van der Waals surface area (Å²) in [5.74, 6) is 0.764. The average molecular weight is 1120 g/mol. The van der Waals surface area contributed by atoms with Crippen LogP contribution in [0.1, 0.15) is 121 Å².